The number of ketones is 1. The molecule has 0 saturated carbocycles. The molecule has 0 amide bonds. The van der Waals surface area contributed by atoms with Gasteiger partial charge in [-0.05, 0) is 49.2 Å². The van der Waals surface area contributed by atoms with Crippen LogP contribution in [0.25, 0.3) is 11.3 Å². The quantitative estimate of drug-likeness (QED) is 0.444. The number of hydrogen-bond acceptors (Lipinski definition) is 3. The van der Waals surface area contributed by atoms with E-state index in [9.17, 15) is 9.18 Å². The lowest BCUT2D eigenvalue weighted by Gasteiger charge is -2.03. The number of nitrogens with zero attached hydrogens (tertiary/aromatic N) is 4. The number of hydrogen-bond donors (Lipinski definition) is 0. The summed E-state index contributed by atoms with van der Waals surface area (Å²) in [5, 5.41) is 5.07. The van der Waals surface area contributed by atoms with Gasteiger partial charge < -0.3 is 0 Å². The number of halogens is 2. The molecule has 0 spiro atoms. The van der Waals surface area contributed by atoms with Crippen molar-refractivity contribution in [2.24, 2.45) is 0 Å². The van der Waals surface area contributed by atoms with E-state index in [0.717, 1.165) is 17.1 Å². The Morgan fingerprint density at radius 2 is 1.93 bits per heavy atom. The van der Waals surface area contributed by atoms with E-state index >= 15 is 0 Å². The summed E-state index contributed by atoms with van der Waals surface area (Å²) in [6.45, 7) is 1.98. The smallest absolute Gasteiger partial charge is 0.181 e. The van der Waals surface area contributed by atoms with E-state index in [1.807, 2.05) is 13.0 Å². The van der Waals surface area contributed by atoms with Gasteiger partial charge in [0.1, 0.15) is 17.2 Å². The molecule has 1 aromatic carbocycles. The number of aromatic nitrogens is 4. The molecule has 0 aliphatic carbocycles. The molecular formula is C21H18ClFN4O. The number of rotatable bonds is 6. The molecule has 3 aromatic heterocycles. The highest BCUT2D eigenvalue weighted by molar-refractivity contribution is 6.30. The zero-order chi connectivity index (χ0) is 19.7. The van der Waals surface area contributed by atoms with Gasteiger partial charge in [-0.2, -0.15) is 5.10 Å². The number of pyridine rings is 1. The normalized spacial score (nSPS) is 11.2. The minimum Gasteiger partial charge on any atom is -0.297 e. The van der Waals surface area contributed by atoms with Gasteiger partial charge in [-0.25, -0.2) is 14.1 Å². The predicted molar refractivity (Wildman–Crippen MR) is 106 cm³/mol. The highest BCUT2D eigenvalue weighted by atomic mass is 35.5. The Hall–Kier alpha value is -2.99. The van der Waals surface area contributed by atoms with Crippen LogP contribution in [0.15, 0.2) is 54.9 Å². The van der Waals surface area contributed by atoms with Crippen LogP contribution in [-0.4, -0.2) is 24.9 Å². The molecule has 4 rings (SSSR count). The zero-order valence-corrected chi connectivity index (χ0v) is 16.0. The van der Waals surface area contributed by atoms with Crippen molar-refractivity contribution in [1.82, 2.24) is 19.2 Å². The van der Waals surface area contributed by atoms with Crippen molar-refractivity contribution in [2.45, 2.75) is 26.2 Å². The summed E-state index contributed by atoms with van der Waals surface area (Å²) in [4.78, 5) is 17.4. The minimum absolute atomic E-state index is 0.0167. The van der Waals surface area contributed by atoms with E-state index in [-0.39, 0.29) is 11.6 Å². The van der Waals surface area contributed by atoms with Crippen molar-refractivity contribution in [3.05, 3.63) is 82.8 Å². The number of carbonyl (C=O) groups is 1. The lowest BCUT2D eigenvalue weighted by Crippen LogP contribution is -2.08. The summed E-state index contributed by atoms with van der Waals surface area (Å²) < 4.78 is 16.5. The first-order valence-electron chi connectivity index (χ1n) is 9.05. The molecule has 0 unspecified atom stereocenters. The van der Waals surface area contributed by atoms with Crippen LogP contribution in [0.5, 0.6) is 0 Å². The molecule has 0 N–H and O–H groups in total. The fourth-order valence-electron chi connectivity index (χ4n) is 3.20. The predicted octanol–water partition coefficient (Wildman–Crippen LogP) is 4.69. The first-order chi connectivity index (χ1) is 13.5. The average Bonchev–Trinajstić information content (AvgIpc) is 3.30. The fourth-order valence-corrected chi connectivity index (χ4v) is 3.36. The molecule has 28 heavy (non-hydrogen) atoms. The summed E-state index contributed by atoms with van der Waals surface area (Å²) in [6, 6.07) is 11.5. The minimum atomic E-state index is -0.289. The SMILES string of the molecule is CCc1nc2cc(Cl)ccn2c1C(=O)CCc1ccn(-c2ccc(F)cc2)n1. The molecule has 0 radical (unpaired) electrons. The summed E-state index contributed by atoms with van der Waals surface area (Å²) in [6.07, 6.45) is 5.08. The van der Waals surface area contributed by atoms with Crippen LogP contribution in [0.2, 0.25) is 5.02 Å². The second-order valence-electron chi connectivity index (χ2n) is 6.49. The van der Waals surface area contributed by atoms with Crippen molar-refractivity contribution in [3.8, 4) is 5.69 Å². The largest absolute Gasteiger partial charge is 0.297 e. The third-order valence-electron chi connectivity index (χ3n) is 4.60. The summed E-state index contributed by atoms with van der Waals surface area (Å²) in [5.41, 5.74) is 3.61. The molecule has 0 saturated heterocycles. The number of Topliss-reactive ketones (excluding diaryl/α,β-unsaturated/α-hetero) is 1. The van der Waals surface area contributed by atoms with Crippen LogP contribution in [-0.2, 0) is 12.8 Å². The Bertz CT molecular complexity index is 1150. The highest BCUT2D eigenvalue weighted by Gasteiger charge is 2.18. The molecular weight excluding hydrogens is 379 g/mol. The van der Waals surface area contributed by atoms with Gasteiger partial charge in [0.25, 0.3) is 0 Å². The topological polar surface area (TPSA) is 52.2 Å². The summed E-state index contributed by atoms with van der Waals surface area (Å²) >= 11 is 6.04. The van der Waals surface area contributed by atoms with Gasteiger partial charge in [0.15, 0.2) is 5.78 Å². The monoisotopic (exact) mass is 396 g/mol. The lowest BCUT2D eigenvalue weighted by molar-refractivity contribution is 0.0976. The van der Waals surface area contributed by atoms with Gasteiger partial charge in [0.2, 0.25) is 0 Å². The van der Waals surface area contributed by atoms with Crippen LogP contribution in [0.4, 0.5) is 4.39 Å². The lowest BCUT2D eigenvalue weighted by atomic mass is 10.1. The van der Waals surface area contributed by atoms with Gasteiger partial charge in [0, 0.05) is 29.9 Å². The average molecular weight is 397 g/mol. The number of imidazole rings is 1. The second kappa shape index (κ2) is 7.56. The molecule has 5 nitrogen and oxygen atoms in total. The van der Waals surface area contributed by atoms with E-state index in [2.05, 4.69) is 10.1 Å². The Kier molecular flexibility index (Phi) is 4.96. The van der Waals surface area contributed by atoms with E-state index in [1.54, 1.807) is 45.7 Å². The van der Waals surface area contributed by atoms with Gasteiger partial charge in [-0.3, -0.25) is 9.20 Å². The van der Waals surface area contributed by atoms with Crippen molar-refractivity contribution >= 4 is 23.0 Å². The van der Waals surface area contributed by atoms with E-state index in [0.29, 0.717) is 35.6 Å². The Balaban J connectivity index is 1.52. The third-order valence-corrected chi connectivity index (χ3v) is 4.84. The third kappa shape index (κ3) is 3.55. The molecule has 4 aromatic rings. The highest BCUT2D eigenvalue weighted by Crippen LogP contribution is 2.20. The van der Waals surface area contributed by atoms with Crippen LogP contribution >= 0.6 is 11.6 Å². The van der Waals surface area contributed by atoms with Gasteiger partial charge in [0.05, 0.1) is 17.1 Å². The van der Waals surface area contributed by atoms with Crippen LogP contribution in [0, 0.1) is 5.82 Å². The molecule has 3 heterocycles. The molecule has 142 valence electrons. The van der Waals surface area contributed by atoms with Gasteiger partial charge in [-0.1, -0.05) is 18.5 Å². The molecule has 7 heteroatoms. The van der Waals surface area contributed by atoms with Crippen molar-refractivity contribution < 1.29 is 9.18 Å². The Morgan fingerprint density at radius 1 is 1.14 bits per heavy atom. The van der Waals surface area contributed by atoms with Gasteiger partial charge in [-0.15, -0.1) is 0 Å². The van der Waals surface area contributed by atoms with Crippen molar-refractivity contribution in [1.29, 1.82) is 0 Å². The number of aryl methyl sites for hydroxylation is 2. The number of benzene rings is 1. The van der Waals surface area contributed by atoms with Crippen molar-refractivity contribution in [3.63, 3.8) is 0 Å². The molecule has 0 aliphatic rings. The first-order valence-corrected chi connectivity index (χ1v) is 9.43. The van der Waals surface area contributed by atoms with E-state index < -0.39 is 0 Å². The van der Waals surface area contributed by atoms with Gasteiger partial charge >= 0.3 is 0 Å². The molecule has 0 aliphatic heterocycles. The van der Waals surface area contributed by atoms with Crippen molar-refractivity contribution in [2.75, 3.05) is 0 Å². The standard InChI is InChI=1S/C21H18ClFN4O/c1-2-18-21(26-11-9-14(22)13-20(26)24-18)19(28)8-5-16-10-12-27(25-16)17-6-3-15(23)4-7-17/h3-4,6-7,9-13H,2,5,8H2,1H3. The maximum absolute atomic E-state index is 13.1. The number of carbonyl (C=O) groups excluding carboxylic acids is 1. The van der Waals surface area contributed by atoms with Crippen LogP contribution in [0.1, 0.15) is 35.2 Å². The Morgan fingerprint density at radius 3 is 2.68 bits per heavy atom. The molecule has 0 bridgehead atoms. The van der Waals surface area contributed by atoms with Crippen LogP contribution in [0.3, 0.4) is 0 Å². The Labute approximate surface area is 166 Å². The van der Waals surface area contributed by atoms with E-state index in [4.69, 9.17) is 11.6 Å². The molecule has 0 fully saturated rings. The summed E-state index contributed by atoms with van der Waals surface area (Å²) in [7, 11) is 0. The molecule has 0 atom stereocenters. The maximum atomic E-state index is 13.1. The van der Waals surface area contributed by atoms with E-state index in [1.165, 1.54) is 12.1 Å². The fraction of sp³-hybridized carbons (Fsp3) is 0.190. The zero-order valence-electron chi connectivity index (χ0n) is 15.3. The van der Waals surface area contributed by atoms with Crippen LogP contribution < -0.4 is 0 Å². The second-order valence-corrected chi connectivity index (χ2v) is 6.92. The number of fused-ring (bicyclic) bond motifs is 1. The first kappa shape index (κ1) is 18.4. The maximum Gasteiger partial charge on any atom is 0.181 e. The summed E-state index contributed by atoms with van der Waals surface area (Å²) in [5.74, 6) is -0.272.